The summed E-state index contributed by atoms with van der Waals surface area (Å²) in [5, 5.41) is 2.34. The van der Waals surface area contributed by atoms with E-state index in [-0.39, 0.29) is 0 Å². The normalized spacial score (nSPS) is 10.9. The number of fused-ring (bicyclic) bond motifs is 1. The van der Waals surface area contributed by atoms with Crippen molar-refractivity contribution in [3.63, 3.8) is 0 Å². The summed E-state index contributed by atoms with van der Waals surface area (Å²) in [6, 6.07) is 16.5. The highest BCUT2D eigenvalue weighted by atomic mass is 127. The van der Waals surface area contributed by atoms with E-state index in [1.807, 2.05) is 18.2 Å². The molecule has 3 N–H and O–H groups in total. The molecule has 0 amide bonds. The monoisotopic (exact) mass is 366 g/mol. The molecule has 0 saturated heterocycles. The molecule has 0 spiro atoms. The van der Waals surface area contributed by atoms with Gasteiger partial charge in [0.2, 0.25) is 0 Å². The van der Waals surface area contributed by atoms with Gasteiger partial charge in [-0.2, -0.15) is 0 Å². The Labute approximate surface area is 123 Å². The first-order valence-corrected chi connectivity index (χ1v) is 7.42. The van der Waals surface area contributed by atoms with Crippen molar-refractivity contribution in [2.24, 2.45) is 0 Å². The molecule has 0 unspecified atom stereocenters. The van der Waals surface area contributed by atoms with Gasteiger partial charge in [-0.1, -0.05) is 30.0 Å². The molecular formula is C14H11IN2S. The molecule has 2 aromatic carbocycles. The van der Waals surface area contributed by atoms with Gasteiger partial charge in [0.25, 0.3) is 0 Å². The van der Waals surface area contributed by atoms with Crippen molar-refractivity contribution in [3.8, 4) is 0 Å². The average Bonchev–Trinajstić information content (AvgIpc) is 2.75. The topological polar surface area (TPSA) is 41.8 Å². The van der Waals surface area contributed by atoms with Crippen molar-refractivity contribution >= 4 is 50.9 Å². The van der Waals surface area contributed by atoms with Crippen LogP contribution in [0.2, 0.25) is 0 Å². The summed E-state index contributed by atoms with van der Waals surface area (Å²) >= 11 is 3.93. The minimum atomic E-state index is 0.825. The van der Waals surface area contributed by atoms with Crippen LogP contribution >= 0.6 is 34.4 Å². The molecule has 90 valence electrons. The minimum Gasteiger partial charge on any atom is -0.398 e. The van der Waals surface area contributed by atoms with Crippen LogP contribution < -0.4 is 5.73 Å². The number of nitrogens with one attached hydrogen (secondary N) is 1. The van der Waals surface area contributed by atoms with Gasteiger partial charge in [-0.3, -0.25) is 0 Å². The lowest BCUT2D eigenvalue weighted by molar-refractivity contribution is 1.23. The Morgan fingerprint density at radius 1 is 1.06 bits per heavy atom. The Hall–Kier alpha value is -1.14. The molecule has 0 aliphatic heterocycles. The summed E-state index contributed by atoms with van der Waals surface area (Å²) in [7, 11) is 0. The molecular weight excluding hydrogens is 355 g/mol. The molecule has 1 heterocycles. The molecule has 1 aromatic heterocycles. The van der Waals surface area contributed by atoms with Crippen molar-refractivity contribution in [2.75, 3.05) is 5.73 Å². The maximum atomic E-state index is 6.02. The van der Waals surface area contributed by atoms with Crippen molar-refractivity contribution in [1.82, 2.24) is 4.98 Å². The van der Waals surface area contributed by atoms with E-state index in [2.05, 4.69) is 57.9 Å². The lowest BCUT2D eigenvalue weighted by Crippen LogP contribution is -1.88. The second-order valence-electron chi connectivity index (χ2n) is 4.01. The molecule has 3 aromatic rings. The van der Waals surface area contributed by atoms with E-state index in [0.29, 0.717) is 0 Å². The van der Waals surface area contributed by atoms with E-state index >= 15 is 0 Å². The highest BCUT2D eigenvalue weighted by Crippen LogP contribution is 2.33. The fourth-order valence-corrected chi connectivity index (χ4v) is 3.24. The lowest BCUT2D eigenvalue weighted by Gasteiger charge is -2.03. The SMILES string of the molecule is Nc1cc(I)ccc1Sc1cc2ccccc2[nH]1. The van der Waals surface area contributed by atoms with Crippen molar-refractivity contribution in [1.29, 1.82) is 0 Å². The first-order chi connectivity index (χ1) is 8.72. The molecule has 18 heavy (non-hydrogen) atoms. The molecule has 0 atom stereocenters. The van der Waals surface area contributed by atoms with Gasteiger partial charge in [0, 0.05) is 25.1 Å². The van der Waals surface area contributed by atoms with E-state index in [4.69, 9.17) is 5.73 Å². The second kappa shape index (κ2) is 4.85. The van der Waals surface area contributed by atoms with E-state index in [9.17, 15) is 0 Å². The zero-order valence-electron chi connectivity index (χ0n) is 9.48. The summed E-state index contributed by atoms with van der Waals surface area (Å²) in [6.45, 7) is 0. The van der Waals surface area contributed by atoms with Gasteiger partial charge in [-0.05, 0) is 52.9 Å². The number of halogens is 1. The Bertz CT molecular complexity index is 673. The number of nitrogens with two attached hydrogens (primary N) is 1. The van der Waals surface area contributed by atoms with E-state index in [1.54, 1.807) is 11.8 Å². The lowest BCUT2D eigenvalue weighted by atomic mass is 10.3. The predicted octanol–water partition coefficient (Wildman–Crippen LogP) is 4.51. The predicted molar refractivity (Wildman–Crippen MR) is 86.0 cm³/mol. The number of benzene rings is 2. The number of rotatable bonds is 2. The maximum Gasteiger partial charge on any atom is 0.0781 e. The van der Waals surface area contributed by atoms with Crippen LogP contribution in [-0.4, -0.2) is 4.98 Å². The van der Waals surface area contributed by atoms with Gasteiger partial charge in [0.1, 0.15) is 0 Å². The van der Waals surface area contributed by atoms with Gasteiger partial charge in [0.15, 0.2) is 0 Å². The van der Waals surface area contributed by atoms with E-state index in [0.717, 1.165) is 24.7 Å². The van der Waals surface area contributed by atoms with Gasteiger partial charge >= 0.3 is 0 Å². The summed E-state index contributed by atoms with van der Waals surface area (Å²) < 4.78 is 1.16. The average molecular weight is 366 g/mol. The van der Waals surface area contributed by atoms with Crippen LogP contribution in [0.1, 0.15) is 0 Å². The fourth-order valence-electron chi connectivity index (χ4n) is 1.83. The van der Waals surface area contributed by atoms with E-state index in [1.165, 1.54) is 5.39 Å². The zero-order chi connectivity index (χ0) is 12.5. The zero-order valence-corrected chi connectivity index (χ0v) is 12.5. The summed E-state index contributed by atoms with van der Waals surface area (Å²) in [4.78, 5) is 4.48. The first kappa shape index (κ1) is 11.9. The third-order valence-electron chi connectivity index (χ3n) is 2.70. The van der Waals surface area contributed by atoms with E-state index < -0.39 is 0 Å². The molecule has 0 radical (unpaired) electrons. The molecule has 0 bridgehead atoms. The Kier molecular flexibility index (Phi) is 3.22. The molecule has 0 fully saturated rings. The van der Waals surface area contributed by atoms with Gasteiger partial charge in [-0.25, -0.2) is 0 Å². The highest BCUT2D eigenvalue weighted by Gasteiger charge is 2.05. The van der Waals surface area contributed by atoms with Gasteiger partial charge in [-0.15, -0.1) is 0 Å². The highest BCUT2D eigenvalue weighted by molar-refractivity contribution is 14.1. The van der Waals surface area contributed by atoms with Crippen LogP contribution in [0.15, 0.2) is 58.5 Å². The molecule has 0 aliphatic rings. The number of aromatic nitrogens is 1. The summed E-state index contributed by atoms with van der Waals surface area (Å²) in [5.74, 6) is 0. The van der Waals surface area contributed by atoms with Crippen LogP contribution in [0.3, 0.4) is 0 Å². The molecule has 3 rings (SSSR count). The summed E-state index contributed by atoms with van der Waals surface area (Å²) in [6.07, 6.45) is 0. The summed E-state index contributed by atoms with van der Waals surface area (Å²) in [5.41, 5.74) is 8.01. The smallest absolute Gasteiger partial charge is 0.0781 e. The number of hydrogen-bond donors (Lipinski definition) is 2. The minimum absolute atomic E-state index is 0.825. The molecule has 0 saturated carbocycles. The van der Waals surface area contributed by atoms with Crippen LogP contribution in [0.4, 0.5) is 5.69 Å². The van der Waals surface area contributed by atoms with Crippen LogP contribution in [-0.2, 0) is 0 Å². The Morgan fingerprint density at radius 3 is 2.67 bits per heavy atom. The van der Waals surface area contributed by atoms with Crippen LogP contribution in [0.25, 0.3) is 10.9 Å². The standard InChI is InChI=1S/C14H11IN2S/c15-10-5-6-13(11(16)8-10)18-14-7-9-3-1-2-4-12(9)17-14/h1-8,17H,16H2. The molecule has 4 heteroatoms. The number of aromatic amines is 1. The van der Waals surface area contributed by atoms with Crippen molar-refractivity contribution < 1.29 is 0 Å². The van der Waals surface area contributed by atoms with Crippen molar-refractivity contribution in [3.05, 3.63) is 52.1 Å². The first-order valence-electron chi connectivity index (χ1n) is 5.53. The number of H-pyrrole nitrogens is 1. The number of nitrogen functional groups attached to an aromatic ring is 1. The quantitative estimate of drug-likeness (QED) is 0.518. The third kappa shape index (κ3) is 2.35. The van der Waals surface area contributed by atoms with Crippen molar-refractivity contribution in [2.45, 2.75) is 9.92 Å². The van der Waals surface area contributed by atoms with Crippen LogP contribution in [0, 0.1) is 3.57 Å². The largest absolute Gasteiger partial charge is 0.398 e. The second-order valence-corrected chi connectivity index (χ2v) is 6.33. The van der Waals surface area contributed by atoms with Crippen LogP contribution in [0.5, 0.6) is 0 Å². The van der Waals surface area contributed by atoms with Gasteiger partial charge in [0.05, 0.1) is 5.03 Å². The fraction of sp³-hybridized carbons (Fsp3) is 0. The molecule has 2 nitrogen and oxygen atoms in total. The molecule has 0 aliphatic carbocycles. The number of hydrogen-bond acceptors (Lipinski definition) is 2. The Balaban J connectivity index is 1.96. The third-order valence-corrected chi connectivity index (χ3v) is 4.40. The Morgan fingerprint density at radius 2 is 1.89 bits per heavy atom. The maximum absolute atomic E-state index is 6.02. The van der Waals surface area contributed by atoms with Gasteiger partial charge < -0.3 is 10.7 Å². The number of para-hydroxylation sites is 1. The number of anilines is 1.